The molecule has 1 heterocycles. The number of likely N-dealkylation sites (tertiary alicyclic amines) is 1. The predicted molar refractivity (Wildman–Crippen MR) is 97.8 cm³/mol. The number of unbranched alkanes of at least 4 members (excludes halogenated alkanes) is 1. The fraction of sp³-hybridized carbons (Fsp3) is 1.00. The van der Waals surface area contributed by atoms with Gasteiger partial charge in [0.1, 0.15) is 0 Å². The molecule has 4 aliphatic rings. The van der Waals surface area contributed by atoms with E-state index in [4.69, 9.17) is 4.74 Å². The molecule has 0 aromatic rings. The summed E-state index contributed by atoms with van der Waals surface area (Å²) in [7, 11) is 0. The molecule has 134 valence electrons. The van der Waals surface area contributed by atoms with Crippen molar-refractivity contribution < 1.29 is 4.74 Å². The Labute approximate surface area is 144 Å². The quantitative estimate of drug-likeness (QED) is 0.554. The largest absolute Gasteiger partial charge is 0.375 e. The minimum atomic E-state index is 0.283. The van der Waals surface area contributed by atoms with E-state index in [1.165, 1.54) is 96.7 Å². The van der Waals surface area contributed by atoms with Gasteiger partial charge in [0.2, 0.25) is 0 Å². The van der Waals surface area contributed by atoms with E-state index in [9.17, 15) is 0 Å². The van der Waals surface area contributed by atoms with Crippen molar-refractivity contribution in [2.75, 3.05) is 26.2 Å². The maximum absolute atomic E-state index is 6.36. The molecule has 0 radical (unpaired) electrons. The molecule has 3 aliphatic carbocycles. The van der Waals surface area contributed by atoms with Crippen molar-refractivity contribution >= 4 is 0 Å². The lowest BCUT2D eigenvalue weighted by Crippen LogP contribution is -2.52. The lowest BCUT2D eigenvalue weighted by Gasteiger charge is -2.55. The average molecular weight is 322 g/mol. The van der Waals surface area contributed by atoms with Crippen LogP contribution in [0, 0.1) is 11.3 Å². The summed E-state index contributed by atoms with van der Waals surface area (Å²) in [5.74, 6) is 1.02. The minimum absolute atomic E-state index is 0.283. The van der Waals surface area contributed by atoms with E-state index in [1.807, 2.05) is 0 Å². The summed E-state index contributed by atoms with van der Waals surface area (Å²) in [5, 5.41) is 0. The zero-order valence-corrected chi connectivity index (χ0v) is 15.7. The second kappa shape index (κ2) is 7.87. The van der Waals surface area contributed by atoms with Gasteiger partial charge >= 0.3 is 0 Å². The molecule has 0 spiro atoms. The van der Waals surface area contributed by atoms with E-state index in [0.717, 1.165) is 12.5 Å². The molecule has 1 saturated heterocycles. The number of rotatable bonds is 8. The Morgan fingerprint density at radius 1 is 0.913 bits per heavy atom. The lowest BCUT2D eigenvalue weighted by atomic mass is 9.58. The molecule has 2 heteroatoms. The Balaban J connectivity index is 1.44. The highest BCUT2D eigenvalue weighted by Gasteiger charge is 2.49. The fourth-order valence-electron chi connectivity index (χ4n) is 5.43. The summed E-state index contributed by atoms with van der Waals surface area (Å²) in [5.41, 5.74) is 0.929. The molecule has 0 unspecified atom stereocenters. The highest BCUT2D eigenvalue weighted by atomic mass is 16.5. The SMILES string of the molecule is CCCCOC12CCC(CN3CCC(CCC)CC3)(CC1)CC2. The average Bonchev–Trinajstić information content (AvgIpc) is 2.59. The number of piperidine rings is 1. The van der Waals surface area contributed by atoms with Crippen LogP contribution in [0.5, 0.6) is 0 Å². The zero-order valence-electron chi connectivity index (χ0n) is 15.7. The van der Waals surface area contributed by atoms with Crippen LogP contribution in [0.1, 0.15) is 90.9 Å². The van der Waals surface area contributed by atoms with Crippen LogP contribution in [-0.4, -0.2) is 36.7 Å². The molecule has 2 bridgehead atoms. The summed E-state index contributed by atoms with van der Waals surface area (Å²) in [6.07, 6.45) is 16.5. The third-order valence-electron chi connectivity index (χ3n) is 7.20. The molecular weight excluding hydrogens is 282 g/mol. The Kier molecular flexibility index (Phi) is 6.07. The molecule has 0 atom stereocenters. The smallest absolute Gasteiger partial charge is 0.0683 e. The summed E-state index contributed by atoms with van der Waals surface area (Å²) in [4.78, 5) is 2.81. The maximum Gasteiger partial charge on any atom is 0.0683 e. The Hall–Kier alpha value is -0.0800. The molecule has 0 amide bonds. The van der Waals surface area contributed by atoms with E-state index in [1.54, 1.807) is 0 Å². The van der Waals surface area contributed by atoms with Crippen molar-refractivity contribution in [1.82, 2.24) is 4.90 Å². The van der Waals surface area contributed by atoms with Gasteiger partial charge in [-0.1, -0.05) is 33.1 Å². The van der Waals surface area contributed by atoms with Crippen LogP contribution in [0.2, 0.25) is 0 Å². The highest BCUT2D eigenvalue weighted by molar-refractivity contribution is 5.02. The normalized spacial score (nSPS) is 35.7. The Morgan fingerprint density at radius 3 is 2.13 bits per heavy atom. The van der Waals surface area contributed by atoms with E-state index in [-0.39, 0.29) is 5.60 Å². The zero-order chi connectivity index (χ0) is 16.2. The van der Waals surface area contributed by atoms with Crippen molar-refractivity contribution in [3.63, 3.8) is 0 Å². The van der Waals surface area contributed by atoms with Crippen LogP contribution in [-0.2, 0) is 4.74 Å². The van der Waals surface area contributed by atoms with Crippen LogP contribution in [0.25, 0.3) is 0 Å². The Morgan fingerprint density at radius 2 is 1.57 bits per heavy atom. The van der Waals surface area contributed by atoms with E-state index in [2.05, 4.69) is 18.7 Å². The van der Waals surface area contributed by atoms with Crippen molar-refractivity contribution in [2.45, 2.75) is 96.5 Å². The molecule has 23 heavy (non-hydrogen) atoms. The molecule has 0 aromatic carbocycles. The molecule has 0 aromatic heterocycles. The third-order valence-corrected chi connectivity index (χ3v) is 7.20. The second-order valence-corrected chi connectivity index (χ2v) is 8.89. The fourth-order valence-corrected chi connectivity index (χ4v) is 5.43. The van der Waals surface area contributed by atoms with Gasteiger partial charge in [-0.25, -0.2) is 0 Å². The summed E-state index contributed by atoms with van der Waals surface area (Å²) in [6.45, 7) is 9.71. The van der Waals surface area contributed by atoms with Crippen LogP contribution >= 0.6 is 0 Å². The topological polar surface area (TPSA) is 12.5 Å². The first kappa shape index (κ1) is 17.7. The maximum atomic E-state index is 6.36. The first-order valence-corrected chi connectivity index (χ1v) is 10.6. The minimum Gasteiger partial charge on any atom is -0.375 e. The number of ether oxygens (including phenoxy) is 1. The summed E-state index contributed by atoms with van der Waals surface area (Å²) >= 11 is 0. The molecule has 2 nitrogen and oxygen atoms in total. The van der Waals surface area contributed by atoms with Gasteiger partial charge in [-0.15, -0.1) is 0 Å². The predicted octanol–water partition coefficient (Wildman–Crippen LogP) is 5.41. The van der Waals surface area contributed by atoms with Gasteiger partial charge in [0.15, 0.2) is 0 Å². The summed E-state index contributed by atoms with van der Waals surface area (Å²) in [6, 6.07) is 0. The van der Waals surface area contributed by atoms with E-state index < -0.39 is 0 Å². The number of hydrogen-bond acceptors (Lipinski definition) is 2. The summed E-state index contributed by atoms with van der Waals surface area (Å²) < 4.78 is 6.36. The number of hydrogen-bond donors (Lipinski definition) is 0. The van der Waals surface area contributed by atoms with Gasteiger partial charge in [0.05, 0.1) is 5.60 Å². The van der Waals surface area contributed by atoms with Crippen LogP contribution < -0.4 is 0 Å². The molecule has 1 aliphatic heterocycles. The van der Waals surface area contributed by atoms with E-state index >= 15 is 0 Å². The van der Waals surface area contributed by atoms with Gasteiger partial charge in [-0.05, 0) is 82.2 Å². The third kappa shape index (κ3) is 4.31. The van der Waals surface area contributed by atoms with Crippen molar-refractivity contribution in [3.05, 3.63) is 0 Å². The highest BCUT2D eigenvalue weighted by Crippen LogP contribution is 2.54. The van der Waals surface area contributed by atoms with Gasteiger partial charge in [0, 0.05) is 13.2 Å². The second-order valence-electron chi connectivity index (χ2n) is 8.89. The van der Waals surface area contributed by atoms with Crippen molar-refractivity contribution in [3.8, 4) is 0 Å². The molecule has 0 N–H and O–H groups in total. The van der Waals surface area contributed by atoms with Gasteiger partial charge in [-0.2, -0.15) is 0 Å². The van der Waals surface area contributed by atoms with Gasteiger partial charge in [-0.3, -0.25) is 0 Å². The first-order valence-electron chi connectivity index (χ1n) is 10.6. The van der Waals surface area contributed by atoms with Crippen molar-refractivity contribution in [1.29, 1.82) is 0 Å². The van der Waals surface area contributed by atoms with Crippen LogP contribution in [0.3, 0.4) is 0 Å². The first-order chi connectivity index (χ1) is 11.2. The van der Waals surface area contributed by atoms with Crippen molar-refractivity contribution in [2.24, 2.45) is 11.3 Å². The molecule has 4 fully saturated rings. The van der Waals surface area contributed by atoms with Crippen LogP contribution in [0.4, 0.5) is 0 Å². The van der Waals surface area contributed by atoms with Gasteiger partial charge in [0.25, 0.3) is 0 Å². The van der Waals surface area contributed by atoms with Gasteiger partial charge < -0.3 is 9.64 Å². The monoisotopic (exact) mass is 321 g/mol. The standard InChI is InChI=1S/C21H39NO/c1-3-5-17-23-21-12-9-20(10-13-21,11-14-21)18-22-15-7-19(6-4-2)8-16-22/h19H,3-18H2,1-2H3. The number of nitrogens with zero attached hydrogens (tertiary/aromatic N) is 1. The van der Waals surface area contributed by atoms with Crippen LogP contribution in [0.15, 0.2) is 0 Å². The Bertz CT molecular complexity index is 334. The number of fused-ring (bicyclic) bond motifs is 3. The molecular formula is C21H39NO. The molecule has 3 saturated carbocycles. The lowest BCUT2D eigenvalue weighted by molar-refractivity contribution is -0.142. The molecule has 4 rings (SSSR count). The van der Waals surface area contributed by atoms with E-state index in [0.29, 0.717) is 5.41 Å².